The number of ether oxygens (including phenoxy) is 2. The van der Waals surface area contributed by atoms with Crippen molar-refractivity contribution >= 4 is 52.4 Å². The number of methoxy groups -OCH3 is 1. The van der Waals surface area contributed by atoms with Gasteiger partial charge < -0.3 is 14.8 Å². The van der Waals surface area contributed by atoms with Crippen LogP contribution in [0.25, 0.3) is 17.8 Å². The first kappa shape index (κ1) is 31.4. The lowest BCUT2D eigenvalue weighted by atomic mass is 10.1. The molecule has 5 rings (SSSR count). The molecule has 1 fully saturated rings. The van der Waals surface area contributed by atoms with Crippen molar-refractivity contribution in [2.24, 2.45) is 4.99 Å². The van der Waals surface area contributed by atoms with E-state index in [4.69, 9.17) is 4.74 Å². The Morgan fingerprint density at radius 2 is 1.89 bits per heavy atom. The zero-order valence-corrected chi connectivity index (χ0v) is 24.5. The third-order valence-electron chi connectivity index (χ3n) is 6.25. The number of carbonyl (C=O) groups is 2. The SMILES string of the molecule is COCc1ccc(C)cc1N1C(=O)CSC1=NC(=O)Nc1ccc(C=Cc2ncn(-c3ccc(OC(F)(F)F)cc3)n2)cc1F. The summed E-state index contributed by atoms with van der Waals surface area (Å²) in [5, 5.41) is 6.81. The second-order valence-electron chi connectivity index (χ2n) is 9.57. The fourth-order valence-corrected chi connectivity index (χ4v) is 5.11. The zero-order valence-electron chi connectivity index (χ0n) is 23.7. The topological polar surface area (TPSA) is 111 Å². The molecule has 1 aromatic heterocycles. The molecule has 1 aliphatic heterocycles. The quantitative estimate of drug-likeness (QED) is 0.216. The molecule has 15 heteroatoms. The van der Waals surface area contributed by atoms with Crippen LogP contribution in [0.1, 0.15) is 22.5 Å². The van der Waals surface area contributed by atoms with E-state index in [1.54, 1.807) is 19.3 Å². The molecule has 3 aromatic carbocycles. The molecule has 0 saturated carbocycles. The summed E-state index contributed by atoms with van der Waals surface area (Å²) in [6.45, 7) is 2.14. The number of amides is 3. The van der Waals surface area contributed by atoms with Crippen LogP contribution in [-0.2, 0) is 16.1 Å². The number of urea groups is 1. The second kappa shape index (κ2) is 13.3. The van der Waals surface area contributed by atoms with Gasteiger partial charge in [0.15, 0.2) is 11.0 Å². The number of nitrogens with zero attached hydrogens (tertiary/aromatic N) is 5. The van der Waals surface area contributed by atoms with E-state index in [1.165, 1.54) is 46.3 Å². The van der Waals surface area contributed by atoms with Gasteiger partial charge in [-0.05, 0) is 66.6 Å². The van der Waals surface area contributed by atoms with Crippen LogP contribution in [0.2, 0.25) is 0 Å². The van der Waals surface area contributed by atoms with Crippen LogP contribution in [-0.4, -0.2) is 51.1 Å². The Morgan fingerprint density at radius 3 is 2.60 bits per heavy atom. The first-order chi connectivity index (χ1) is 21.5. The molecule has 1 saturated heterocycles. The molecule has 232 valence electrons. The summed E-state index contributed by atoms with van der Waals surface area (Å²) in [6, 6.07) is 13.9. The van der Waals surface area contributed by atoms with E-state index in [9.17, 15) is 27.2 Å². The number of carbonyl (C=O) groups excluding carboxylic acids is 2. The number of aliphatic imine (C=N–C) groups is 1. The molecule has 0 spiro atoms. The maximum atomic E-state index is 14.9. The van der Waals surface area contributed by atoms with Gasteiger partial charge in [-0.2, -0.15) is 4.99 Å². The van der Waals surface area contributed by atoms with Gasteiger partial charge in [0.25, 0.3) is 0 Å². The molecule has 1 N–H and O–H groups in total. The van der Waals surface area contributed by atoms with Gasteiger partial charge in [0, 0.05) is 12.7 Å². The lowest BCUT2D eigenvalue weighted by molar-refractivity contribution is -0.274. The molecule has 4 aromatic rings. The fourth-order valence-electron chi connectivity index (χ4n) is 4.26. The summed E-state index contributed by atoms with van der Waals surface area (Å²) in [6.07, 6.45) is -0.357. The van der Waals surface area contributed by atoms with Crippen molar-refractivity contribution in [1.29, 1.82) is 0 Å². The third-order valence-corrected chi connectivity index (χ3v) is 7.17. The summed E-state index contributed by atoms with van der Waals surface area (Å²) in [4.78, 5) is 35.0. The number of aromatic nitrogens is 3. The average Bonchev–Trinajstić information content (AvgIpc) is 3.60. The number of halogens is 4. The maximum absolute atomic E-state index is 14.9. The fraction of sp³-hybridized carbons (Fsp3) is 0.167. The predicted octanol–water partition coefficient (Wildman–Crippen LogP) is 6.60. The van der Waals surface area contributed by atoms with Crippen molar-refractivity contribution in [1.82, 2.24) is 14.8 Å². The number of thioether (sulfide) groups is 1. The molecule has 0 atom stereocenters. The second-order valence-corrected chi connectivity index (χ2v) is 10.5. The van der Waals surface area contributed by atoms with Crippen molar-refractivity contribution in [3.05, 3.63) is 95.3 Å². The summed E-state index contributed by atoms with van der Waals surface area (Å²) < 4.78 is 62.5. The first-order valence-electron chi connectivity index (χ1n) is 13.2. The summed E-state index contributed by atoms with van der Waals surface area (Å²) in [5.74, 6) is -0.982. The number of aryl methyl sites for hydroxylation is 1. The van der Waals surface area contributed by atoms with Crippen LogP contribution in [0.3, 0.4) is 0 Å². The van der Waals surface area contributed by atoms with Crippen molar-refractivity contribution < 1.29 is 36.6 Å². The standard InChI is InChI=1S/C30H24F4N6O4S/c1-18-3-6-20(15-43-2)25(13-18)40-27(41)16-45-29(40)37-28(42)36-24-11-4-19(14-23(24)31)5-12-26-35-17-39(38-26)21-7-9-22(10-8-21)44-30(32,33)34/h3-14,17H,15-16H2,1-2H3,(H,36,42). The van der Waals surface area contributed by atoms with Gasteiger partial charge in [-0.25, -0.2) is 18.9 Å². The summed E-state index contributed by atoms with van der Waals surface area (Å²) in [5.41, 5.74) is 3.00. The molecule has 2 heterocycles. The van der Waals surface area contributed by atoms with Gasteiger partial charge in [-0.15, -0.1) is 18.3 Å². The van der Waals surface area contributed by atoms with Crippen LogP contribution in [0.4, 0.5) is 33.7 Å². The van der Waals surface area contributed by atoms with E-state index in [1.807, 2.05) is 25.1 Å². The Morgan fingerprint density at radius 1 is 1.11 bits per heavy atom. The van der Waals surface area contributed by atoms with Crippen LogP contribution in [0, 0.1) is 12.7 Å². The van der Waals surface area contributed by atoms with Crippen LogP contribution in [0.5, 0.6) is 5.75 Å². The number of anilines is 2. The van der Waals surface area contributed by atoms with Crippen LogP contribution < -0.4 is 15.0 Å². The molecule has 3 amide bonds. The van der Waals surface area contributed by atoms with E-state index < -0.39 is 18.2 Å². The highest BCUT2D eigenvalue weighted by atomic mass is 32.2. The molecule has 0 unspecified atom stereocenters. The number of hydrogen-bond donors (Lipinski definition) is 1. The van der Waals surface area contributed by atoms with Crippen molar-refractivity contribution in [3.63, 3.8) is 0 Å². The summed E-state index contributed by atoms with van der Waals surface area (Å²) in [7, 11) is 1.54. The summed E-state index contributed by atoms with van der Waals surface area (Å²) >= 11 is 1.10. The number of alkyl halides is 3. The van der Waals surface area contributed by atoms with E-state index >= 15 is 0 Å². The number of nitrogens with one attached hydrogen (secondary N) is 1. The third kappa shape index (κ3) is 7.93. The van der Waals surface area contributed by atoms with Crippen LogP contribution >= 0.6 is 11.8 Å². The van der Waals surface area contributed by atoms with Gasteiger partial charge in [-0.3, -0.25) is 9.69 Å². The predicted molar refractivity (Wildman–Crippen MR) is 162 cm³/mol. The van der Waals surface area contributed by atoms with Crippen molar-refractivity contribution in [3.8, 4) is 11.4 Å². The number of amidine groups is 1. The first-order valence-corrected chi connectivity index (χ1v) is 14.2. The van der Waals surface area contributed by atoms with Crippen molar-refractivity contribution in [2.75, 3.05) is 23.1 Å². The zero-order chi connectivity index (χ0) is 32.1. The highest BCUT2D eigenvalue weighted by Crippen LogP contribution is 2.31. The van der Waals surface area contributed by atoms with E-state index in [0.29, 0.717) is 16.9 Å². The maximum Gasteiger partial charge on any atom is 0.573 e. The van der Waals surface area contributed by atoms with Gasteiger partial charge in [0.1, 0.15) is 17.9 Å². The largest absolute Gasteiger partial charge is 0.573 e. The molecule has 0 bridgehead atoms. The van der Waals surface area contributed by atoms with Gasteiger partial charge >= 0.3 is 12.4 Å². The average molecular weight is 641 g/mol. The monoisotopic (exact) mass is 640 g/mol. The highest BCUT2D eigenvalue weighted by molar-refractivity contribution is 8.15. The van der Waals surface area contributed by atoms with Gasteiger partial charge in [0.2, 0.25) is 5.91 Å². The molecule has 0 aliphatic carbocycles. The smallest absolute Gasteiger partial charge is 0.406 e. The van der Waals surface area contributed by atoms with Crippen LogP contribution in [0.15, 0.2) is 72.0 Å². The molecule has 1 aliphatic rings. The van der Waals surface area contributed by atoms with E-state index in [-0.39, 0.29) is 40.7 Å². The molecule has 45 heavy (non-hydrogen) atoms. The molecule has 0 radical (unpaired) electrons. The van der Waals surface area contributed by atoms with Gasteiger partial charge in [0.05, 0.1) is 29.4 Å². The Bertz CT molecular complexity index is 1790. The minimum absolute atomic E-state index is 0.0954. The number of rotatable bonds is 8. The lowest BCUT2D eigenvalue weighted by Crippen LogP contribution is -2.31. The Kier molecular flexibility index (Phi) is 9.29. The molecular formula is C30H24F4N6O4S. The normalized spacial score (nSPS) is 14.5. The number of benzene rings is 3. The Balaban J connectivity index is 1.25. The minimum atomic E-state index is -4.79. The lowest BCUT2D eigenvalue weighted by Gasteiger charge is -2.20. The molecule has 10 nitrogen and oxygen atoms in total. The van der Waals surface area contributed by atoms with Crippen molar-refractivity contribution in [2.45, 2.75) is 19.9 Å². The van der Waals surface area contributed by atoms with E-state index in [0.717, 1.165) is 35.0 Å². The van der Waals surface area contributed by atoms with Gasteiger partial charge in [-0.1, -0.05) is 36.0 Å². The van der Waals surface area contributed by atoms with E-state index in [2.05, 4.69) is 25.1 Å². The Hall–Kier alpha value is -5.02. The Labute approximate surface area is 258 Å². The molecular weight excluding hydrogens is 616 g/mol. The highest BCUT2D eigenvalue weighted by Gasteiger charge is 2.32. The minimum Gasteiger partial charge on any atom is -0.406 e. The number of hydrogen-bond acceptors (Lipinski definition) is 7.